The number of aliphatic hydroxyl groups excluding tert-OH is 1. The Morgan fingerprint density at radius 1 is 1.16 bits per heavy atom. The van der Waals surface area contributed by atoms with E-state index in [0.29, 0.717) is 25.3 Å². The molecule has 32 heavy (non-hydrogen) atoms. The maximum absolute atomic E-state index is 14.1. The molecule has 0 radical (unpaired) electrons. The molecule has 1 N–H and O–H groups in total. The zero-order chi connectivity index (χ0) is 22.8. The molecule has 6 nitrogen and oxygen atoms in total. The zero-order valence-electron chi connectivity index (χ0n) is 17.9. The number of carbonyl (C=O) groups excluding carboxylic acids is 1. The van der Waals surface area contributed by atoms with E-state index in [0.717, 1.165) is 49.3 Å². The summed E-state index contributed by atoms with van der Waals surface area (Å²) in [5, 5.41) is 19.3. The van der Waals surface area contributed by atoms with Crippen molar-refractivity contribution in [2.24, 2.45) is 0 Å². The molecule has 0 aromatic heterocycles. The quantitative estimate of drug-likeness (QED) is 0.695. The van der Waals surface area contributed by atoms with Crippen LogP contribution in [0.1, 0.15) is 38.2 Å². The number of piperazine rings is 1. The summed E-state index contributed by atoms with van der Waals surface area (Å²) in [6.07, 6.45) is -0.106. The fourth-order valence-electron chi connectivity index (χ4n) is 4.39. The van der Waals surface area contributed by atoms with Crippen molar-refractivity contribution in [3.05, 3.63) is 69.3 Å². The van der Waals surface area contributed by atoms with E-state index in [-0.39, 0.29) is 23.5 Å². The van der Waals surface area contributed by atoms with Gasteiger partial charge in [0, 0.05) is 44.7 Å². The van der Waals surface area contributed by atoms with Crippen molar-refractivity contribution in [1.29, 1.82) is 5.26 Å². The first kappa shape index (κ1) is 22.3. The number of rotatable bonds is 6. The number of ether oxygens (including phenoxy) is 1. The molecule has 0 bridgehead atoms. The van der Waals surface area contributed by atoms with Crippen LogP contribution in [-0.2, 0) is 24.2 Å². The molecule has 0 saturated carbocycles. The molecule has 1 saturated heterocycles. The Morgan fingerprint density at radius 2 is 1.91 bits per heavy atom. The number of esters is 1. The molecule has 1 fully saturated rings. The fraction of sp³-hybridized carbons (Fsp3) is 0.417. The van der Waals surface area contributed by atoms with Crippen LogP contribution in [0.2, 0.25) is 0 Å². The van der Waals surface area contributed by atoms with E-state index in [1.165, 1.54) is 5.56 Å². The minimum absolute atomic E-state index is 0.0381. The maximum atomic E-state index is 14.1. The number of fused-ring (bicyclic) bond motifs is 1. The Bertz CT molecular complexity index is 1080. The largest absolute Gasteiger partial charge is 0.457 e. The van der Waals surface area contributed by atoms with Crippen molar-refractivity contribution in [3.8, 4) is 6.07 Å². The van der Waals surface area contributed by atoms with E-state index in [1.807, 2.05) is 24.0 Å². The third-order valence-corrected chi connectivity index (χ3v) is 6.46. The van der Waals surface area contributed by atoms with Crippen LogP contribution in [-0.4, -0.2) is 59.8 Å². The topological polar surface area (TPSA) is 76.8 Å². The summed E-state index contributed by atoms with van der Waals surface area (Å²) in [5.41, 5.74) is 3.67. The number of hydrogen-bond donors (Lipinski definition) is 1. The van der Waals surface area contributed by atoms with Crippen LogP contribution >= 0.6 is 0 Å². The first-order chi connectivity index (χ1) is 15.4. The van der Waals surface area contributed by atoms with E-state index in [2.05, 4.69) is 4.90 Å². The molecule has 2 aliphatic heterocycles. The molecule has 0 spiro atoms. The van der Waals surface area contributed by atoms with Crippen LogP contribution in [0.4, 0.5) is 8.78 Å². The summed E-state index contributed by atoms with van der Waals surface area (Å²) in [5.74, 6) is -1.72. The van der Waals surface area contributed by atoms with E-state index in [4.69, 9.17) is 10.00 Å². The second-order valence-electron chi connectivity index (χ2n) is 8.30. The highest BCUT2D eigenvalue weighted by molar-refractivity contribution is 5.93. The summed E-state index contributed by atoms with van der Waals surface area (Å²) in [6.45, 7) is 5.97. The number of nitrogens with zero attached hydrogens (tertiary/aromatic N) is 3. The molecule has 4 rings (SSSR count). The van der Waals surface area contributed by atoms with Gasteiger partial charge in [-0.1, -0.05) is 6.07 Å². The average Bonchev–Trinajstić information content (AvgIpc) is 3.17. The highest BCUT2D eigenvalue weighted by Crippen LogP contribution is 2.26. The van der Waals surface area contributed by atoms with Crippen molar-refractivity contribution in [3.63, 3.8) is 0 Å². The van der Waals surface area contributed by atoms with Crippen molar-refractivity contribution in [2.45, 2.75) is 32.6 Å². The summed E-state index contributed by atoms with van der Waals surface area (Å²) in [6, 6.07) is 7.31. The molecule has 168 valence electrons. The van der Waals surface area contributed by atoms with Crippen molar-refractivity contribution in [2.75, 3.05) is 32.7 Å². The SMILES string of the molecule is Cc1c(CCN2CCN(C(O)Cc3cc(F)c(C#N)cc3F)CC2)ccc2c1COC2=O. The van der Waals surface area contributed by atoms with Crippen molar-refractivity contribution >= 4 is 5.97 Å². The van der Waals surface area contributed by atoms with Gasteiger partial charge in [0.2, 0.25) is 0 Å². The monoisotopic (exact) mass is 441 g/mol. The van der Waals surface area contributed by atoms with Crippen LogP contribution in [0.3, 0.4) is 0 Å². The number of cyclic esters (lactones) is 1. The molecule has 1 unspecified atom stereocenters. The van der Waals surface area contributed by atoms with Gasteiger partial charge in [-0.2, -0.15) is 5.26 Å². The molecule has 2 heterocycles. The second-order valence-corrected chi connectivity index (χ2v) is 8.30. The Hall–Kier alpha value is -2.86. The van der Waals surface area contributed by atoms with Gasteiger partial charge >= 0.3 is 5.97 Å². The Kier molecular flexibility index (Phi) is 6.51. The lowest BCUT2D eigenvalue weighted by atomic mass is 9.96. The maximum Gasteiger partial charge on any atom is 0.338 e. The molecule has 2 aromatic rings. The predicted molar refractivity (Wildman–Crippen MR) is 113 cm³/mol. The van der Waals surface area contributed by atoms with Gasteiger partial charge in [0.1, 0.15) is 30.5 Å². The molecule has 2 aliphatic rings. The van der Waals surface area contributed by atoms with Crippen LogP contribution in [0.25, 0.3) is 0 Å². The summed E-state index contributed by atoms with van der Waals surface area (Å²) >= 11 is 0. The lowest BCUT2D eigenvalue weighted by Gasteiger charge is -2.37. The molecular weight excluding hydrogens is 416 g/mol. The summed E-state index contributed by atoms with van der Waals surface area (Å²) in [7, 11) is 0. The minimum Gasteiger partial charge on any atom is -0.457 e. The Balaban J connectivity index is 1.29. The van der Waals surface area contributed by atoms with E-state index in [1.54, 1.807) is 6.07 Å². The van der Waals surface area contributed by atoms with Gasteiger partial charge in [-0.05, 0) is 48.2 Å². The highest BCUT2D eigenvalue weighted by Gasteiger charge is 2.26. The molecule has 2 aromatic carbocycles. The van der Waals surface area contributed by atoms with E-state index in [9.17, 15) is 18.7 Å². The lowest BCUT2D eigenvalue weighted by molar-refractivity contribution is -0.0245. The first-order valence-electron chi connectivity index (χ1n) is 10.7. The number of aliphatic hydroxyl groups is 1. The van der Waals surface area contributed by atoms with Gasteiger partial charge in [0.25, 0.3) is 0 Å². The van der Waals surface area contributed by atoms with Gasteiger partial charge in [0.05, 0.1) is 11.1 Å². The summed E-state index contributed by atoms with van der Waals surface area (Å²) < 4.78 is 33.0. The van der Waals surface area contributed by atoms with Crippen molar-refractivity contribution in [1.82, 2.24) is 9.80 Å². The highest BCUT2D eigenvalue weighted by atomic mass is 19.1. The van der Waals surface area contributed by atoms with Crippen LogP contribution in [0.15, 0.2) is 24.3 Å². The average molecular weight is 441 g/mol. The predicted octanol–water partition coefficient (Wildman–Crippen LogP) is 2.54. The molecule has 0 aliphatic carbocycles. The molecule has 1 atom stereocenters. The van der Waals surface area contributed by atoms with Crippen LogP contribution in [0.5, 0.6) is 0 Å². The first-order valence-corrected chi connectivity index (χ1v) is 10.7. The number of hydrogen-bond acceptors (Lipinski definition) is 6. The van der Waals surface area contributed by atoms with Gasteiger partial charge < -0.3 is 14.7 Å². The zero-order valence-corrected chi connectivity index (χ0v) is 17.9. The number of nitriles is 1. The minimum atomic E-state index is -0.921. The number of carbonyl (C=O) groups is 1. The van der Waals surface area contributed by atoms with Crippen LogP contribution < -0.4 is 0 Å². The fourth-order valence-corrected chi connectivity index (χ4v) is 4.39. The van der Waals surface area contributed by atoms with Gasteiger partial charge in [0.15, 0.2) is 0 Å². The van der Waals surface area contributed by atoms with Crippen molar-refractivity contribution < 1.29 is 23.4 Å². The third kappa shape index (κ3) is 4.51. The standard InChI is InChI=1S/C24H25F2N3O3/c1-15-16(2-3-19-20(15)14-32-24(19)31)4-5-28-6-8-29(9-7-28)23(30)12-17-10-22(26)18(13-27)11-21(17)25/h2-3,10-11,23,30H,4-9,12,14H2,1H3. The molecular formula is C24H25F2N3O3. The molecule has 0 amide bonds. The Labute approximate surface area is 185 Å². The molecule has 8 heteroatoms. The van der Waals surface area contributed by atoms with Crippen LogP contribution in [0, 0.1) is 29.9 Å². The summed E-state index contributed by atoms with van der Waals surface area (Å²) in [4.78, 5) is 15.9. The van der Waals surface area contributed by atoms with E-state index >= 15 is 0 Å². The van der Waals surface area contributed by atoms with Gasteiger partial charge in [-0.3, -0.25) is 4.90 Å². The smallest absolute Gasteiger partial charge is 0.338 e. The van der Waals surface area contributed by atoms with Gasteiger partial charge in [-0.25, -0.2) is 13.6 Å². The lowest BCUT2D eigenvalue weighted by Crippen LogP contribution is -2.51. The third-order valence-electron chi connectivity index (χ3n) is 6.46. The normalized spacial score (nSPS) is 17.7. The van der Waals surface area contributed by atoms with E-state index < -0.39 is 17.9 Å². The second kappa shape index (κ2) is 9.33. The number of halogens is 2. The van der Waals surface area contributed by atoms with Gasteiger partial charge in [-0.15, -0.1) is 0 Å². The Morgan fingerprint density at radius 3 is 2.62 bits per heavy atom. The number of benzene rings is 2.